The fourth-order valence-electron chi connectivity index (χ4n) is 5.20. The highest BCUT2D eigenvalue weighted by Gasteiger charge is 2.72. The molecule has 0 aromatic carbocycles. The van der Waals surface area contributed by atoms with Gasteiger partial charge in [-0.2, -0.15) is 0 Å². The molecule has 1 saturated heterocycles. The average molecular weight is 305 g/mol. The molecule has 21 heavy (non-hydrogen) atoms. The molecule has 1 unspecified atom stereocenters. The van der Waals surface area contributed by atoms with E-state index < -0.39 is 10.6 Å². The molecule has 1 aromatic rings. The molecule has 0 N–H and O–H groups in total. The van der Waals surface area contributed by atoms with Gasteiger partial charge in [0.25, 0.3) is 0 Å². The lowest BCUT2D eigenvalue weighted by Crippen LogP contribution is -2.37. The number of pyridine rings is 1. The van der Waals surface area contributed by atoms with E-state index in [1.807, 2.05) is 6.07 Å². The lowest BCUT2D eigenvalue weighted by atomic mass is 9.70. The summed E-state index contributed by atoms with van der Waals surface area (Å²) in [4.78, 5) is 16.7. The molecule has 0 radical (unpaired) electrons. The topological polar surface area (TPSA) is 48.4 Å². The fraction of sp³-hybridized carbons (Fsp3) is 0.625. The maximum Gasteiger partial charge on any atom is 0.363 e. The van der Waals surface area contributed by atoms with Crippen LogP contribution in [-0.4, -0.2) is 22.8 Å². The van der Waals surface area contributed by atoms with Gasteiger partial charge in [-0.3, -0.25) is 4.18 Å². The largest absolute Gasteiger partial charge is 0.363 e. The molecule has 1 aromatic heterocycles. The van der Waals surface area contributed by atoms with Gasteiger partial charge in [0.2, 0.25) is 0 Å². The number of rotatable bonds is 0. The number of nitrogens with zero attached hydrogens (tertiary/aromatic N) is 1. The Morgan fingerprint density at radius 1 is 1.43 bits per heavy atom. The van der Waals surface area contributed by atoms with Crippen molar-refractivity contribution in [1.82, 2.24) is 4.98 Å². The molecule has 4 aliphatic rings. The van der Waals surface area contributed by atoms with E-state index >= 15 is 0 Å². The van der Waals surface area contributed by atoms with Crippen LogP contribution in [0.15, 0.2) is 23.4 Å². The summed E-state index contributed by atoms with van der Waals surface area (Å²) in [5.41, 5.74) is 1.06. The molecular formula is C16H19NO3S. The maximum absolute atomic E-state index is 12.2. The first-order chi connectivity index (χ1) is 9.99. The van der Waals surface area contributed by atoms with Gasteiger partial charge in [0.05, 0.1) is 11.9 Å². The zero-order chi connectivity index (χ0) is 14.5. The quantitative estimate of drug-likeness (QED) is 0.736. The number of carbonyl (C=O) groups excluding carboxylic acids is 1. The summed E-state index contributed by atoms with van der Waals surface area (Å²) in [6.45, 7) is 4.76. The maximum atomic E-state index is 12.2. The van der Waals surface area contributed by atoms with Crippen LogP contribution in [0.3, 0.4) is 0 Å². The van der Waals surface area contributed by atoms with E-state index in [-0.39, 0.29) is 22.9 Å². The third-order valence-electron chi connectivity index (χ3n) is 6.57. The fourth-order valence-corrected chi connectivity index (χ4v) is 8.73. The van der Waals surface area contributed by atoms with E-state index in [1.54, 1.807) is 12.3 Å². The third-order valence-corrected chi connectivity index (χ3v) is 9.35. The summed E-state index contributed by atoms with van der Waals surface area (Å²) in [6, 6.07) is 3.60. The number of fused-ring (bicyclic) bond motifs is 3. The molecule has 3 fully saturated rings. The van der Waals surface area contributed by atoms with E-state index in [2.05, 4.69) is 18.8 Å². The molecule has 5 heteroatoms. The molecule has 4 nitrogen and oxygen atoms in total. The van der Waals surface area contributed by atoms with E-state index in [4.69, 9.17) is 8.37 Å². The van der Waals surface area contributed by atoms with Crippen molar-refractivity contribution < 1.29 is 13.2 Å². The molecule has 112 valence electrons. The van der Waals surface area contributed by atoms with Crippen molar-refractivity contribution in [2.75, 3.05) is 5.75 Å². The van der Waals surface area contributed by atoms with E-state index in [0.29, 0.717) is 5.56 Å². The minimum Gasteiger partial charge on any atom is -0.342 e. The Kier molecular flexibility index (Phi) is 2.06. The van der Waals surface area contributed by atoms with Crippen LogP contribution in [0.2, 0.25) is 0 Å². The Labute approximate surface area is 126 Å². The van der Waals surface area contributed by atoms with Crippen molar-refractivity contribution >= 4 is 16.6 Å². The van der Waals surface area contributed by atoms with Gasteiger partial charge in [-0.15, -0.1) is 10.6 Å². The molecule has 2 spiro atoms. The average Bonchev–Trinajstić information content (AvgIpc) is 3.08. The van der Waals surface area contributed by atoms with Crippen molar-refractivity contribution in [1.29, 1.82) is 0 Å². The highest BCUT2D eigenvalue weighted by atomic mass is 32.3. The van der Waals surface area contributed by atoms with Crippen LogP contribution in [0.25, 0.3) is 0 Å². The molecule has 2 saturated carbocycles. The first-order valence-corrected chi connectivity index (χ1v) is 9.32. The predicted octanol–water partition coefficient (Wildman–Crippen LogP) is 3.47. The van der Waals surface area contributed by atoms with E-state index in [0.717, 1.165) is 23.1 Å². The normalized spacial score (nSPS) is 48.0. The van der Waals surface area contributed by atoms with Crippen LogP contribution in [0.1, 0.15) is 43.5 Å². The van der Waals surface area contributed by atoms with E-state index in [9.17, 15) is 4.79 Å². The molecule has 2 bridgehead atoms. The standard InChI is InChI=1S/C16H19NO3S/c1-15(2)10-5-6-16(15)9-21(19-12(16)8-10)13-11(14(18)20-21)4-3-7-17-13/h3-4,7,10,12H,5-6,8-9H2,1-2H3/t10-,12-,16-/m1/s1. The number of aromatic nitrogens is 1. The monoisotopic (exact) mass is 305 g/mol. The van der Waals surface area contributed by atoms with Gasteiger partial charge >= 0.3 is 5.97 Å². The molecule has 4 atom stereocenters. The molecule has 0 amide bonds. The first-order valence-electron chi connectivity index (χ1n) is 7.67. The smallest absolute Gasteiger partial charge is 0.342 e. The molecule has 2 aliphatic carbocycles. The van der Waals surface area contributed by atoms with Crippen LogP contribution in [0.5, 0.6) is 0 Å². The summed E-state index contributed by atoms with van der Waals surface area (Å²) in [5.74, 6) is 1.35. The van der Waals surface area contributed by atoms with Crippen LogP contribution in [-0.2, 0) is 8.37 Å². The van der Waals surface area contributed by atoms with Gasteiger partial charge in [0.15, 0.2) is 5.03 Å². The van der Waals surface area contributed by atoms with Crippen molar-refractivity contribution in [2.45, 2.75) is 44.2 Å². The number of hydrogen-bond acceptors (Lipinski definition) is 4. The van der Waals surface area contributed by atoms with Crippen LogP contribution in [0, 0.1) is 16.7 Å². The van der Waals surface area contributed by atoms with Gasteiger partial charge in [0.1, 0.15) is 5.56 Å². The zero-order valence-electron chi connectivity index (χ0n) is 12.3. The SMILES string of the molecule is CC1(C)[C@@H]2CC[C@]13CS1(OC(=O)c4cccnc41)O[C@@H]3C2. The second kappa shape index (κ2) is 3.46. The minimum absolute atomic E-state index is 0.173. The summed E-state index contributed by atoms with van der Waals surface area (Å²) in [5, 5.41) is 0.776. The second-order valence-corrected chi connectivity index (χ2v) is 9.68. The lowest BCUT2D eigenvalue weighted by molar-refractivity contribution is 0.0656. The van der Waals surface area contributed by atoms with Gasteiger partial charge in [-0.05, 0) is 42.7 Å². The van der Waals surface area contributed by atoms with Crippen molar-refractivity contribution in [3.63, 3.8) is 0 Å². The molecule has 5 rings (SSSR count). The van der Waals surface area contributed by atoms with Gasteiger partial charge < -0.3 is 4.18 Å². The zero-order valence-corrected chi connectivity index (χ0v) is 13.1. The Balaban J connectivity index is 1.65. The van der Waals surface area contributed by atoms with Crippen LogP contribution >= 0.6 is 10.6 Å². The Morgan fingerprint density at radius 2 is 2.29 bits per heavy atom. The number of hydrogen-bond donors (Lipinski definition) is 0. The highest BCUT2D eigenvalue weighted by Crippen LogP contribution is 2.80. The summed E-state index contributed by atoms with van der Waals surface area (Å²) >= 11 is 0. The van der Waals surface area contributed by atoms with Gasteiger partial charge in [0, 0.05) is 11.6 Å². The van der Waals surface area contributed by atoms with Crippen molar-refractivity contribution in [3.05, 3.63) is 23.9 Å². The highest BCUT2D eigenvalue weighted by molar-refractivity contribution is 8.26. The van der Waals surface area contributed by atoms with Gasteiger partial charge in [-0.1, -0.05) is 13.8 Å². The lowest BCUT2D eigenvalue weighted by Gasteiger charge is -2.38. The summed E-state index contributed by atoms with van der Waals surface area (Å²) in [7, 11) is -1.97. The molecule has 2 aliphatic heterocycles. The summed E-state index contributed by atoms with van der Waals surface area (Å²) < 4.78 is 12.3. The predicted molar refractivity (Wildman–Crippen MR) is 78.8 cm³/mol. The minimum atomic E-state index is -1.97. The Bertz CT molecular complexity index is 675. The molecule has 3 heterocycles. The second-order valence-electron chi connectivity index (χ2n) is 7.42. The number of carbonyl (C=O) groups is 1. The van der Waals surface area contributed by atoms with Crippen molar-refractivity contribution in [2.24, 2.45) is 16.7 Å². The molecular weight excluding hydrogens is 286 g/mol. The van der Waals surface area contributed by atoms with E-state index in [1.165, 1.54) is 12.8 Å². The van der Waals surface area contributed by atoms with Gasteiger partial charge in [-0.25, -0.2) is 9.78 Å². The van der Waals surface area contributed by atoms with Crippen molar-refractivity contribution in [3.8, 4) is 0 Å². The Morgan fingerprint density at radius 3 is 3.05 bits per heavy atom. The Hall–Kier alpha value is -1.07. The first kappa shape index (κ1) is 12.5. The van der Waals surface area contributed by atoms with Crippen LogP contribution in [0.4, 0.5) is 0 Å². The summed E-state index contributed by atoms with van der Waals surface area (Å²) in [6.07, 6.45) is 5.58. The van der Waals surface area contributed by atoms with Crippen LogP contribution < -0.4 is 0 Å². The third kappa shape index (κ3) is 1.21.